The molecule has 0 aliphatic carbocycles. The number of aromatic carboxylic acids is 1. The van der Waals surface area contributed by atoms with E-state index in [-0.39, 0.29) is 16.5 Å². The van der Waals surface area contributed by atoms with Crippen LogP contribution in [0.2, 0.25) is 5.02 Å². The number of piperazine rings is 1. The standard InChI is InChI=1S/C30H31ClFN5O3/c1-6-35-15-21(19-7-9-22(31)23(32)14-19)20-8-10-24(34-27(20)35)28(38)37-12-11-36(16-30(37,4)5)25-13-17(2)26(29(39)40)18(3)33-25/h7-10,13-15H,6,11-12,16H2,1-5H3,(H,39,40). The van der Waals surface area contributed by atoms with Crippen molar-refractivity contribution >= 4 is 40.3 Å². The van der Waals surface area contributed by atoms with E-state index < -0.39 is 17.3 Å². The number of anilines is 1. The van der Waals surface area contributed by atoms with Gasteiger partial charge in [0.05, 0.1) is 21.8 Å². The summed E-state index contributed by atoms with van der Waals surface area (Å²) in [4.78, 5) is 38.6. The lowest BCUT2D eigenvalue weighted by Crippen LogP contribution is -2.61. The normalized spacial score (nSPS) is 15.1. The molecule has 1 aromatic carbocycles. The maximum Gasteiger partial charge on any atom is 0.337 e. The van der Waals surface area contributed by atoms with Crippen molar-refractivity contribution < 1.29 is 19.1 Å². The molecule has 1 fully saturated rings. The number of amides is 1. The minimum Gasteiger partial charge on any atom is -0.478 e. The number of carboxylic acid groups (broad SMARTS) is 1. The van der Waals surface area contributed by atoms with E-state index in [0.29, 0.717) is 60.2 Å². The summed E-state index contributed by atoms with van der Waals surface area (Å²) in [5.74, 6) is -0.949. The van der Waals surface area contributed by atoms with Gasteiger partial charge in [-0.15, -0.1) is 0 Å². The molecule has 0 saturated carbocycles. The summed E-state index contributed by atoms with van der Waals surface area (Å²) in [7, 11) is 0. The molecule has 1 amide bonds. The minimum absolute atomic E-state index is 0.0648. The Labute approximate surface area is 237 Å². The molecule has 5 rings (SSSR count). The van der Waals surface area contributed by atoms with Gasteiger partial charge in [-0.1, -0.05) is 17.7 Å². The Morgan fingerprint density at radius 1 is 1.10 bits per heavy atom. The molecule has 8 nitrogen and oxygen atoms in total. The van der Waals surface area contributed by atoms with E-state index >= 15 is 0 Å². The fraction of sp³-hybridized carbons (Fsp3) is 0.333. The Kier molecular flexibility index (Phi) is 7.04. The van der Waals surface area contributed by atoms with E-state index in [1.165, 1.54) is 12.1 Å². The number of carbonyl (C=O) groups excluding carboxylic acids is 1. The van der Waals surface area contributed by atoms with E-state index in [1.54, 1.807) is 32.0 Å². The second kappa shape index (κ2) is 10.2. The molecule has 0 radical (unpaired) electrons. The first-order valence-electron chi connectivity index (χ1n) is 13.1. The minimum atomic E-state index is -0.990. The van der Waals surface area contributed by atoms with E-state index in [4.69, 9.17) is 16.6 Å². The number of aromatic nitrogens is 3. The molecule has 0 atom stereocenters. The van der Waals surface area contributed by atoms with Crippen LogP contribution in [0.1, 0.15) is 52.9 Å². The number of rotatable bonds is 5. The molecule has 0 unspecified atom stereocenters. The van der Waals surface area contributed by atoms with E-state index in [2.05, 4.69) is 9.88 Å². The van der Waals surface area contributed by atoms with Crippen LogP contribution in [0.4, 0.5) is 10.2 Å². The Bertz CT molecular complexity index is 1640. The van der Waals surface area contributed by atoms with Gasteiger partial charge in [0.15, 0.2) is 0 Å². The summed E-state index contributed by atoms with van der Waals surface area (Å²) >= 11 is 5.88. The molecule has 3 aromatic heterocycles. The second-order valence-electron chi connectivity index (χ2n) is 10.8. The van der Waals surface area contributed by atoms with Crippen LogP contribution in [0, 0.1) is 19.7 Å². The molecule has 4 heterocycles. The summed E-state index contributed by atoms with van der Waals surface area (Å²) in [6.45, 7) is 11.6. The van der Waals surface area contributed by atoms with Crippen LogP contribution in [0.25, 0.3) is 22.2 Å². The van der Waals surface area contributed by atoms with Gasteiger partial charge in [-0.2, -0.15) is 0 Å². The number of hydrogen-bond donors (Lipinski definition) is 1. The van der Waals surface area contributed by atoms with Crippen molar-refractivity contribution in [2.75, 3.05) is 24.5 Å². The lowest BCUT2D eigenvalue weighted by atomic mass is 9.97. The summed E-state index contributed by atoms with van der Waals surface area (Å²) in [5, 5.41) is 10.4. The van der Waals surface area contributed by atoms with Gasteiger partial charge in [0, 0.05) is 43.3 Å². The molecule has 1 N–H and O–H groups in total. The zero-order valence-electron chi connectivity index (χ0n) is 23.1. The van der Waals surface area contributed by atoms with Gasteiger partial charge >= 0.3 is 5.97 Å². The van der Waals surface area contributed by atoms with Crippen LogP contribution in [0.5, 0.6) is 0 Å². The number of nitrogens with zero attached hydrogens (tertiary/aromatic N) is 5. The zero-order chi connectivity index (χ0) is 28.9. The molecular formula is C30H31ClFN5O3. The van der Waals surface area contributed by atoms with E-state index in [1.807, 2.05) is 42.5 Å². The van der Waals surface area contributed by atoms with Crippen molar-refractivity contribution in [1.29, 1.82) is 0 Å². The number of fused-ring (bicyclic) bond motifs is 1. The summed E-state index contributed by atoms with van der Waals surface area (Å²) in [6.07, 6.45) is 1.92. The Balaban J connectivity index is 1.43. The van der Waals surface area contributed by atoms with Crippen molar-refractivity contribution in [3.8, 4) is 11.1 Å². The largest absolute Gasteiger partial charge is 0.478 e. The second-order valence-corrected chi connectivity index (χ2v) is 11.2. The molecule has 40 heavy (non-hydrogen) atoms. The number of benzene rings is 1. The number of aryl methyl sites for hydroxylation is 3. The van der Waals surface area contributed by atoms with Gasteiger partial charge in [0.1, 0.15) is 23.0 Å². The summed E-state index contributed by atoms with van der Waals surface area (Å²) in [5.41, 5.74) is 3.31. The first-order chi connectivity index (χ1) is 18.9. The highest BCUT2D eigenvalue weighted by molar-refractivity contribution is 6.30. The maximum absolute atomic E-state index is 14.2. The number of hydrogen-bond acceptors (Lipinski definition) is 5. The summed E-state index contributed by atoms with van der Waals surface area (Å²) in [6, 6.07) is 10.1. The first-order valence-corrected chi connectivity index (χ1v) is 13.5. The number of halogens is 2. The van der Waals surface area contributed by atoms with Crippen molar-refractivity contribution in [1.82, 2.24) is 19.4 Å². The topological polar surface area (TPSA) is 91.6 Å². The number of carbonyl (C=O) groups is 2. The molecule has 1 saturated heterocycles. The quantitative estimate of drug-likeness (QED) is 0.322. The van der Waals surface area contributed by atoms with Crippen LogP contribution < -0.4 is 4.90 Å². The monoisotopic (exact) mass is 563 g/mol. The van der Waals surface area contributed by atoms with Gasteiger partial charge in [-0.25, -0.2) is 19.2 Å². The Morgan fingerprint density at radius 2 is 1.85 bits per heavy atom. The Hall–Kier alpha value is -3.98. The highest BCUT2D eigenvalue weighted by Crippen LogP contribution is 2.33. The first kappa shape index (κ1) is 27.6. The molecule has 4 aromatic rings. The highest BCUT2D eigenvalue weighted by atomic mass is 35.5. The predicted molar refractivity (Wildman–Crippen MR) is 154 cm³/mol. The molecule has 0 spiro atoms. The average Bonchev–Trinajstić information content (AvgIpc) is 3.26. The van der Waals surface area contributed by atoms with Crippen molar-refractivity contribution in [3.05, 3.63) is 75.9 Å². The molecular weight excluding hydrogens is 533 g/mol. The van der Waals surface area contributed by atoms with Crippen molar-refractivity contribution in [2.45, 2.75) is 46.7 Å². The third-order valence-corrected chi connectivity index (χ3v) is 7.89. The van der Waals surface area contributed by atoms with Crippen molar-refractivity contribution in [2.24, 2.45) is 0 Å². The third-order valence-electron chi connectivity index (χ3n) is 7.58. The molecule has 208 valence electrons. The van der Waals surface area contributed by atoms with Crippen LogP contribution in [-0.4, -0.2) is 61.6 Å². The van der Waals surface area contributed by atoms with Crippen LogP contribution >= 0.6 is 11.6 Å². The lowest BCUT2D eigenvalue weighted by molar-refractivity contribution is 0.0507. The SMILES string of the molecule is CCn1cc(-c2ccc(Cl)c(F)c2)c2ccc(C(=O)N3CCN(c4cc(C)c(C(=O)O)c(C)n4)CC3(C)C)nc21. The summed E-state index contributed by atoms with van der Waals surface area (Å²) < 4.78 is 16.1. The van der Waals surface area contributed by atoms with E-state index in [9.17, 15) is 19.1 Å². The molecule has 0 bridgehead atoms. The Morgan fingerprint density at radius 3 is 2.48 bits per heavy atom. The van der Waals surface area contributed by atoms with Crippen LogP contribution in [0.15, 0.2) is 42.6 Å². The predicted octanol–water partition coefficient (Wildman–Crippen LogP) is 5.97. The van der Waals surface area contributed by atoms with Crippen LogP contribution in [0.3, 0.4) is 0 Å². The van der Waals surface area contributed by atoms with E-state index in [0.717, 1.165) is 10.9 Å². The van der Waals surface area contributed by atoms with Gasteiger partial charge in [0.25, 0.3) is 5.91 Å². The zero-order valence-corrected chi connectivity index (χ0v) is 23.9. The van der Waals surface area contributed by atoms with Crippen LogP contribution in [-0.2, 0) is 6.54 Å². The third kappa shape index (κ3) is 4.79. The molecule has 1 aliphatic heterocycles. The smallest absolute Gasteiger partial charge is 0.337 e. The molecule has 10 heteroatoms. The fourth-order valence-corrected chi connectivity index (χ4v) is 5.70. The number of pyridine rings is 2. The lowest BCUT2D eigenvalue weighted by Gasteiger charge is -2.47. The maximum atomic E-state index is 14.2. The fourth-order valence-electron chi connectivity index (χ4n) is 5.58. The highest BCUT2D eigenvalue weighted by Gasteiger charge is 2.38. The van der Waals surface area contributed by atoms with Gasteiger partial charge in [0.2, 0.25) is 0 Å². The van der Waals surface area contributed by atoms with Gasteiger partial charge < -0.3 is 19.5 Å². The average molecular weight is 564 g/mol. The molecule has 1 aliphatic rings. The van der Waals surface area contributed by atoms with Crippen molar-refractivity contribution in [3.63, 3.8) is 0 Å². The van der Waals surface area contributed by atoms with Gasteiger partial charge in [-0.3, -0.25) is 4.79 Å². The number of carboxylic acids is 1. The van der Waals surface area contributed by atoms with Gasteiger partial charge in [-0.05, 0) is 76.1 Å².